The lowest BCUT2D eigenvalue weighted by molar-refractivity contribution is 0.957. The second-order valence-corrected chi connectivity index (χ2v) is 2.63. The van der Waals surface area contributed by atoms with Gasteiger partial charge in [0, 0.05) is 5.75 Å². The monoisotopic (exact) mass is 130 g/mol. The summed E-state index contributed by atoms with van der Waals surface area (Å²) in [6.07, 6.45) is 9.10. The van der Waals surface area contributed by atoms with Crippen LogP contribution < -0.4 is 0 Å². The van der Waals surface area contributed by atoms with Gasteiger partial charge in [0.1, 0.15) is 0 Å². The van der Waals surface area contributed by atoms with E-state index in [-0.39, 0.29) is 0 Å². The van der Waals surface area contributed by atoms with E-state index in [4.69, 9.17) is 0 Å². The Morgan fingerprint density at radius 1 is 1.38 bits per heavy atom. The minimum Gasteiger partial charge on any atom is -0.161 e. The van der Waals surface area contributed by atoms with Crippen LogP contribution in [-0.2, 0) is 0 Å². The van der Waals surface area contributed by atoms with Crippen LogP contribution in [0.4, 0.5) is 0 Å². The first-order valence-corrected chi connectivity index (χ1v) is 4.45. The van der Waals surface area contributed by atoms with Crippen LogP contribution in [0.1, 0.15) is 19.8 Å². The lowest BCUT2D eigenvalue weighted by atomic mass is 10.3. The number of unbranched alkanes of at least 4 members (excludes halogenated alkanes) is 1. The third kappa shape index (κ3) is 6.09. The molecule has 8 heavy (non-hydrogen) atoms. The van der Waals surface area contributed by atoms with E-state index in [0.717, 1.165) is 0 Å². The standard InChI is InChI=1S/C7H14S/c1-3-4-5-6-7-8-2/h5-6H,3-4,7H2,1-2H3. The van der Waals surface area contributed by atoms with Crippen LogP contribution in [0.5, 0.6) is 0 Å². The third-order valence-electron chi connectivity index (χ3n) is 0.885. The predicted molar refractivity (Wildman–Crippen MR) is 42.4 cm³/mol. The molecule has 0 N–H and O–H groups in total. The third-order valence-corrected chi connectivity index (χ3v) is 1.41. The van der Waals surface area contributed by atoms with Crippen molar-refractivity contribution in [2.75, 3.05) is 12.0 Å². The highest BCUT2D eigenvalue weighted by atomic mass is 32.2. The fraction of sp³-hybridized carbons (Fsp3) is 0.714. The van der Waals surface area contributed by atoms with Crippen molar-refractivity contribution < 1.29 is 0 Å². The Labute approximate surface area is 56.4 Å². The molecule has 0 saturated heterocycles. The van der Waals surface area contributed by atoms with Crippen molar-refractivity contribution >= 4 is 11.8 Å². The minimum absolute atomic E-state index is 1.17. The number of allylic oxidation sites excluding steroid dienone is 1. The molecule has 1 heteroatoms. The predicted octanol–water partition coefficient (Wildman–Crippen LogP) is 2.71. The van der Waals surface area contributed by atoms with Crippen molar-refractivity contribution in [3.8, 4) is 0 Å². The summed E-state index contributed by atoms with van der Waals surface area (Å²) in [6, 6.07) is 0. The topological polar surface area (TPSA) is 0 Å². The highest BCUT2D eigenvalue weighted by molar-refractivity contribution is 7.98. The highest BCUT2D eigenvalue weighted by Gasteiger charge is 1.72. The molecule has 48 valence electrons. The molecule has 0 aromatic heterocycles. The van der Waals surface area contributed by atoms with Crippen molar-refractivity contribution in [1.29, 1.82) is 0 Å². The molecular weight excluding hydrogens is 116 g/mol. The van der Waals surface area contributed by atoms with Gasteiger partial charge in [-0.15, -0.1) is 0 Å². The molecule has 0 atom stereocenters. The second-order valence-electron chi connectivity index (χ2n) is 1.72. The van der Waals surface area contributed by atoms with Crippen molar-refractivity contribution in [2.24, 2.45) is 0 Å². The molecule has 0 spiro atoms. The molecule has 0 heterocycles. The molecule has 0 saturated carbocycles. The molecule has 0 radical (unpaired) electrons. The molecule has 0 aliphatic carbocycles. The van der Waals surface area contributed by atoms with Gasteiger partial charge in [-0.25, -0.2) is 0 Å². The van der Waals surface area contributed by atoms with Gasteiger partial charge in [-0.05, 0) is 12.7 Å². The molecule has 0 aromatic rings. The molecule has 0 rings (SSSR count). The van der Waals surface area contributed by atoms with E-state index in [0.29, 0.717) is 0 Å². The Balaban J connectivity index is 2.83. The van der Waals surface area contributed by atoms with Crippen molar-refractivity contribution in [3.05, 3.63) is 12.2 Å². The quantitative estimate of drug-likeness (QED) is 0.527. The van der Waals surface area contributed by atoms with Crippen LogP contribution in [0, 0.1) is 0 Å². The SMILES string of the molecule is CCCC=CCSC. The number of hydrogen-bond donors (Lipinski definition) is 0. The average molecular weight is 130 g/mol. The van der Waals surface area contributed by atoms with Crippen molar-refractivity contribution in [3.63, 3.8) is 0 Å². The van der Waals surface area contributed by atoms with Crippen LogP contribution in [-0.4, -0.2) is 12.0 Å². The molecule has 0 aromatic carbocycles. The Bertz CT molecular complexity index is 49.4. The normalized spacial score (nSPS) is 10.8. The molecule has 0 amide bonds. The first kappa shape index (κ1) is 8.09. The van der Waals surface area contributed by atoms with Crippen molar-refractivity contribution in [1.82, 2.24) is 0 Å². The van der Waals surface area contributed by atoms with Crippen LogP contribution >= 0.6 is 11.8 Å². The lowest BCUT2D eigenvalue weighted by Crippen LogP contribution is -1.66. The summed E-state index contributed by atoms with van der Waals surface area (Å²) in [5.41, 5.74) is 0. The van der Waals surface area contributed by atoms with E-state index in [1.807, 2.05) is 11.8 Å². The van der Waals surface area contributed by atoms with Gasteiger partial charge in [0.2, 0.25) is 0 Å². The first-order valence-electron chi connectivity index (χ1n) is 3.05. The molecular formula is C7H14S. The maximum absolute atomic E-state index is 2.25. The fourth-order valence-electron chi connectivity index (χ4n) is 0.449. The van der Waals surface area contributed by atoms with Crippen LogP contribution in [0.2, 0.25) is 0 Å². The molecule has 0 aliphatic heterocycles. The highest BCUT2D eigenvalue weighted by Crippen LogP contribution is 1.94. The smallest absolute Gasteiger partial charge is 0.0110 e. The summed E-state index contributed by atoms with van der Waals surface area (Å²) in [4.78, 5) is 0. The molecule has 0 bridgehead atoms. The van der Waals surface area contributed by atoms with E-state index in [2.05, 4.69) is 25.3 Å². The first-order chi connectivity index (χ1) is 3.91. The summed E-state index contributed by atoms with van der Waals surface area (Å²) in [7, 11) is 0. The maximum atomic E-state index is 2.25. The summed E-state index contributed by atoms with van der Waals surface area (Å²) >= 11 is 1.87. The molecule has 0 unspecified atom stereocenters. The summed E-state index contributed by atoms with van der Waals surface area (Å²) in [6.45, 7) is 2.20. The zero-order valence-corrected chi connectivity index (χ0v) is 6.50. The van der Waals surface area contributed by atoms with Gasteiger partial charge in [-0.2, -0.15) is 11.8 Å². The van der Waals surface area contributed by atoms with Gasteiger partial charge in [0.05, 0.1) is 0 Å². The Hall–Kier alpha value is 0.0900. The summed E-state index contributed by atoms with van der Waals surface area (Å²) in [5.74, 6) is 1.17. The fourth-order valence-corrected chi connectivity index (χ4v) is 0.777. The second kappa shape index (κ2) is 7.09. The zero-order valence-electron chi connectivity index (χ0n) is 5.68. The van der Waals surface area contributed by atoms with Gasteiger partial charge in [-0.3, -0.25) is 0 Å². The molecule has 0 aliphatic rings. The largest absolute Gasteiger partial charge is 0.161 e. The Morgan fingerprint density at radius 2 is 2.12 bits per heavy atom. The molecule has 0 fully saturated rings. The van der Waals surface area contributed by atoms with Gasteiger partial charge in [0.25, 0.3) is 0 Å². The lowest BCUT2D eigenvalue weighted by Gasteiger charge is -1.83. The van der Waals surface area contributed by atoms with Crippen molar-refractivity contribution in [2.45, 2.75) is 19.8 Å². The minimum atomic E-state index is 1.17. The van der Waals surface area contributed by atoms with Crippen LogP contribution in [0.3, 0.4) is 0 Å². The Kier molecular flexibility index (Phi) is 7.17. The van der Waals surface area contributed by atoms with Gasteiger partial charge >= 0.3 is 0 Å². The summed E-state index contributed by atoms with van der Waals surface area (Å²) < 4.78 is 0. The number of thioether (sulfide) groups is 1. The molecule has 0 nitrogen and oxygen atoms in total. The summed E-state index contributed by atoms with van der Waals surface area (Å²) in [5, 5.41) is 0. The average Bonchev–Trinajstić information content (AvgIpc) is 1.81. The maximum Gasteiger partial charge on any atom is 0.0110 e. The van der Waals surface area contributed by atoms with Gasteiger partial charge in [-0.1, -0.05) is 25.5 Å². The van der Waals surface area contributed by atoms with E-state index >= 15 is 0 Å². The number of rotatable bonds is 4. The van der Waals surface area contributed by atoms with E-state index in [1.54, 1.807) is 0 Å². The Morgan fingerprint density at radius 3 is 2.62 bits per heavy atom. The van der Waals surface area contributed by atoms with E-state index in [9.17, 15) is 0 Å². The van der Waals surface area contributed by atoms with Crippen LogP contribution in [0.25, 0.3) is 0 Å². The number of hydrogen-bond acceptors (Lipinski definition) is 1. The zero-order chi connectivity index (χ0) is 6.24. The van der Waals surface area contributed by atoms with E-state index < -0.39 is 0 Å². The van der Waals surface area contributed by atoms with Crippen LogP contribution in [0.15, 0.2) is 12.2 Å². The van der Waals surface area contributed by atoms with Gasteiger partial charge < -0.3 is 0 Å². The van der Waals surface area contributed by atoms with Gasteiger partial charge in [0.15, 0.2) is 0 Å². The van der Waals surface area contributed by atoms with E-state index in [1.165, 1.54) is 18.6 Å².